The van der Waals surface area contributed by atoms with Gasteiger partial charge in [0.1, 0.15) is 68.4 Å². The first-order valence-electron chi connectivity index (χ1n) is 60.6. The van der Waals surface area contributed by atoms with E-state index in [1.165, 1.54) is 100 Å². The fourth-order valence-electron chi connectivity index (χ4n) is 16.6. The van der Waals surface area contributed by atoms with E-state index in [9.17, 15) is 52.8 Å². The highest BCUT2D eigenvalue weighted by Gasteiger charge is 2.32. The molecule has 4 saturated heterocycles. The van der Waals surface area contributed by atoms with E-state index in [0.717, 1.165) is 66.3 Å². The molecule has 4 aromatic carbocycles. The zero-order chi connectivity index (χ0) is 128. The lowest BCUT2D eigenvalue weighted by molar-refractivity contribution is 0.297. The Labute approximate surface area is 880 Å². The maximum Gasteiger partial charge on any atom is 0.277 e. The van der Waals surface area contributed by atoms with Crippen LogP contribution in [0, 0.1) is 0 Å². The van der Waals surface area contributed by atoms with Gasteiger partial charge in [0.25, 0.3) is 22.2 Å². The maximum absolute atomic E-state index is 13.5. The molecule has 0 radical (unpaired) electrons. The molecule has 4 aliphatic heterocycles. The molecule has 8 N–H and O–H groups in total. The Balaban J connectivity index is 0.000000187. The minimum Gasteiger partial charge on any atom is -0.493 e. The van der Waals surface area contributed by atoms with Crippen molar-refractivity contribution < 1.29 is 89.6 Å². The Hall–Kier alpha value is -11.0. The lowest BCUT2D eigenvalue weighted by Crippen LogP contribution is -2.31. The average molecular weight is 2090 g/mol. The molecule has 16 rings (SSSR count). The molecule has 12 heterocycles. The van der Waals surface area contributed by atoms with E-state index in [1.54, 1.807) is 35.8 Å². The number of aromatic amines is 4. The number of nitrogens with zero attached hydrogens (tertiary/aromatic N) is 16. The largest absolute Gasteiger partial charge is 0.493 e. The van der Waals surface area contributed by atoms with Gasteiger partial charge in [0.05, 0.1) is 91.0 Å². The Morgan fingerprint density at radius 1 is 0.347 bits per heavy atom. The molecule has 4 aliphatic rings. The van der Waals surface area contributed by atoms with Gasteiger partial charge in [0.15, 0.2) is 22.1 Å². The third-order valence-electron chi connectivity index (χ3n) is 23.8. The standard InChI is InChI=1S/4C25H36N6O4S/c4*1-5-8-20-22-23(31(4)29-20)25(32)28-24(27-22)19-16-18(10-11-21(19)35-15-6-2)36(33,34)26-13-12-17-9-7-14-30(17)3/h4*10-11,16-17,26H,5-9,12-15H2,1-4H3,(H,27,28,32)/i5D2,8D2,12D2,13D2;5D2,8D2,12D2,13D;5D2,12D2,13D2;5D2,8D2,12D2. The topological polar surface area (TPSA) is 489 Å². The predicted octanol–water partition coefficient (Wildman–Crippen LogP) is 11.3. The van der Waals surface area contributed by atoms with E-state index >= 15 is 0 Å². The van der Waals surface area contributed by atoms with E-state index in [4.69, 9.17) is 56.0 Å². The number of rotatable bonds is 44. The molecule has 0 saturated carbocycles. The molecule has 5 unspecified atom stereocenters. The Bertz CT molecular complexity index is 8630. The molecule has 5 atom stereocenters. The second-order valence-electron chi connectivity index (χ2n) is 34.4. The predicted molar refractivity (Wildman–Crippen MR) is 559 cm³/mol. The zero-order valence-corrected chi connectivity index (χ0v) is 86.5. The van der Waals surface area contributed by atoms with Gasteiger partial charge in [0.2, 0.25) is 40.1 Å². The van der Waals surface area contributed by atoms with Crippen LogP contribution in [0.2, 0.25) is 0 Å². The summed E-state index contributed by atoms with van der Waals surface area (Å²) < 4.78 is 368. The van der Waals surface area contributed by atoms with Crippen LogP contribution >= 0.6 is 0 Å². The normalized spacial score (nSPS) is 21.0. The van der Waals surface area contributed by atoms with Crippen molar-refractivity contribution in [2.24, 2.45) is 28.2 Å². The van der Waals surface area contributed by atoms with Crippen molar-refractivity contribution in [1.29, 1.82) is 0 Å². The van der Waals surface area contributed by atoms with Crippen LogP contribution in [-0.4, -0.2) is 263 Å². The SMILES string of the molecule is [2H]C(NS(=O)(=O)c1ccc(OCCC)c(-c2nc3c(C([2H])([2H])C([2H])([2H])C)nn(C)c3c(=O)[nH]2)c1)C([2H])([2H])C1CCCN1C.[2H]C([2H])(C)C([2H])([2H])c1nn(C)c2c(=O)[nH]c(-c3cc(S(=O)(=O)NC([2H])([2H])C([2H])([2H])C4CCCN4C)ccc3OCCC)nc12.[2H]C([2H])(C)Cc1nn(C)c2c(=O)[nH]c(-c3cc(S(=O)(=O)NC([2H])([2H])C([2H])([2H])C4CCCN4C)ccc3OCCC)nc12.[2H]C([2H])(CNS(=O)(=O)c1ccc(OCCC)c(-c2nc3c(C([2H])([2H])C([2H])([2H])C)nn(C)c3c(=O)[nH]2)c1)C1CCCN1C. The molecular weight excluding hydrogens is 1920 g/mol. The molecule has 0 bridgehead atoms. The molecule has 40 nitrogen and oxygen atoms in total. The molecule has 784 valence electrons. The number of hydrogen-bond donors (Lipinski definition) is 8. The van der Waals surface area contributed by atoms with Crippen LogP contribution in [-0.2, 0) is 93.8 Å². The second-order valence-corrected chi connectivity index (χ2v) is 41.2. The smallest absolute Gasteiger partial charge is 0.277 e. The fraction of sp³-hybridized carbons (Fsp3) is 0.560. The molecule has 4 fully saturated rings. The number of hydrogen-bond acceptors (Lipinski definition) is 28. The van der Waals surface area contributed by atoms with Crippen LogP contribution in [0.4, 0.5) is 0 Å². The van der Waals surface area contributed by atoms with E-state index in [1.807, 2.05) is 49.1 Å². The van der Waals surface area contributed by atoms with Crippen molar-refractivity contribution in [3.63, 3.8) is 0 Å². The fourth-order valence-corrected chi connectivity index (χ4v) is 20.1. The van der Waals surface area contributed by atoms with Crippen LogP contribution in [0.3, 0.4) is 0 Å². The van der Waals surface area contributed by atoms with Gasteiger partial charge < -0.3 is 58.5 Å². The summed E-state index contributed by atoms with van der Waals surface area (Å²) in [7, 11) is -5.38. The van der Waals surface area contributed by atoms with Crippen molar-refractivity contribution in [2.45, 2.75) is 253 Å². The molecule has 44 heteroatoms. The van der Waals surface area contributed by atoms with Crippen LogP contribution < -0.4 is 60.1 Å². The van der Waals surface area contributed by atoms with Gasteiger partial charge in [-0.1, -0.05) is 80.9 Å². The highest BCUT2D eigenvalue weighted by molar-refractivity contribution is 7.90. The van der Waals surface area contributed by atoms with Crippen molar-refractivity contribution >= 4 is 84.2 Å². The number of aromatic nitrogens is 16. The number of H-pyrrole nitrogens is 4. The van der Waals surface area contributed by atoms with Crippen molar-refractivity contribution in [3.8, 4) is 68.5 Å². The number of aryl methyl sites for hydroxylation is 8. The summed E-state index contributed by atoms with van der Waals surface area (Å²) in [6, 6.07) is 12.3. The van der Waals surface area contributed by atoms with Gasteiger partial charge in [-0.15, -0.1) is 0 Å². The van der Waals surface area contributed by atoms with Crippen LogP contribution in [0.25, 0.3) is 89.7 Å². The first-order valence-corrected chi connectivity index (χ1v) is 53.0. The highest BCUT2D eigenvalue weighted by Crippen LogP contribution is 2.38. The average Bonchev–Trinajstić information content (AvgIpc) is 1.56. The molecule has 8 aromatic heterocycles. The Morgan fingerprint density at radius 2 is 0.611 bits per heavy atom. The van der Waals surface area contributed by atoms with Gasteiger partial charge >= 0.3 is 0 Å². The number of likely N-dealkylation sites (tertiary alicyclic amines) is 4. The summed E-state index contributed by atoms with van der Waals surface area (Å²) in [6.07, 6.45) is -18.8. The molecule has 12 aromatic rings. The Morgan fingerprint density at radius 3 is 0.882 bits per heavy atom. The minimum absolute atomic E-state index is 0.0327. The number of fused-ring (bicyclic) bond motifs is 4. The third-order valence-corrected chi connectivity index (χ3v) is 29.0. The van der Waals surface area contributed by atoms with Crippen molar-refractivity contribution in [1.82, 2.24) is 117 Å². The number of benzene rings is 4. The molecule has 0 spiro atoms. The molecular formula is C100H144N24O16S4. The maximum atomic E-state index is 13.5. The molecule has 0 aliphatic carbocycles. The third kappa shape index (κ3) is 26.5. The van der Waals surface area contributed by atoms with Gasteiger partial charge in [-0.05, 0) is 255 Å². The summed E-state index contributed by atoms with van der Waals surface area (Å²) in [5.74, 6) is 0.117. The van der Waals surface area contributed by atoms with Gasteiger partial charge in [-0.3, -0.25) is 37.9 Å². The molecule has 0 amide bonds. The van der Waals surface area contributed by atoms with Crippen molar-refractivity contribution in [3.05, 3.63) is 137 Å². The summed E-state index contributed by atoms with van der Waals surface area (Å²) in [5.41, 5.74) is -4.16. The lowest BCUT2D eigenvalue weighted by Gasteiger charge is -2.19. The zero-order valence-electron chi connectivity index (χ0n) is 110. The van der Waals surface area contributed by atoms with Crippen LogP contribution in [0.1, 0.15) is 243 Å². The lowest BCUT2D eigenvalue weighted by atomic mass is 10.1. The Kier molecular flexibility index (Phi) is 27.1. The van der Waals surface area contributed by atoms with Gasteiger partial charge in [-0.2, -0.15) is 20.4 Å². The van der Waals surface area contributed by atoms with E-state index < -0.39 is 199 Å². The van der Waals surface area contributed by atoms with Crippen LogP contribution in [0.15, 0.2) is 112 Å². The summed E-state index contributed by atoms with van der Waals surface area (Å²) >= 11 is 0. The second kappa shape index (κ2) is 49.9. The van der Waals surface area contributed by atoms with E-state index in [-0.39, 0.29) is 172 Å². The minimum atomic E-state index is -4.70. The summed E-state index contributed by atoms with van der Waals surface area (Å²) in [5, 5.41) is 16.5. The van der Waals surface area contributed by atoms with Crippen molar-refractivity contribution in [2.75, 3.05) is 107 Å². The number of nitrogens with one attached hydrogen (secondary N) is 8. The quantitative estimate of drug-likeness (QED) is 0.0176. The summed E-state index contributed by atoms with van der Waals surface area (Å²) in [6.45, 7) is 7.27. The van der Waals surface area contributed by atoms with Crippen LogP contribution in [0.5, 0.6) is 23.0 Å². The van der Waals surface area contributed by atoms with Gasteiger partial charge in [0, 0.05) is 115 Å². The number of ether oxygens (including phenoxy) is 4. The first-order chi connectivity index (χ1) is 78.8. The van der Waals surface area contributed by atoms with Gasteiger partial charge in [-0.25, -0.2) is 72.5 Å². The van der Waals surface area contributed by atoms with E-state index in [2.05, 4.69) is 69.7 Å². The summed E-state index contributed by atoms with van der Waals surface area (Å²) in [4.78, 5) is 86.4. The number of sulfonamides is 4. The molecule has 144 heavy (non-hydrogen) atoms. The highest BCUT2D eigenvalue weighted by atomic mass is 32.2. The monoisotopic (exact) mass is 2090 g/mol. The van der Waals surface area contributed by atoms with E-state index in [0.29, 0.717) is 83.8 Å². The first kappa shape index (κ1) is 78.3.